The van der Waals surface area contributed by atoms with Gasteiger partial charge in [0.1, 0.15) is 17.5 Å². The van der Waals surface area contributed by atoms with Gasteiger partial charge in [0, 0.05) is 12.6 Å². The Morgan fingerprint density at radius 3 is 2.45 bits per heavy atom. The second-order valence-corrected chi connectivity index (χ2v) is 6.56. The lowest BCUT2D eigenvalue weighted by Gasteiger charge is -2.17. The number of fused-ring (bicyclic) bond motifs is 1. The van der Waals surface area contributed by atoms with Crippen molar-refractivity contribution in [2.45, 2.75) is 6.92 Å². The van der Waals surface area contributed by atoms with Gasteiger partial charge in [0.2, 0.25) is 0 Å². The van der Waals surface area contributed by atoms with Crippen molar-refractivity contribution < 1.29 is 9.18 Å². The van der Waals surface area contributed by atoms with Gasteiger partial charge in [-0.15, -0.1) is 0 Å². The molecule has 144 valence electrons. The molecular weight excluding hydrogens is 371 g/mol. The standard InChI is InChI=1S/C22H17FN4O2/c1-14-25-19-6-4-3-5-18(19)22(29)27(14)17-10-7-15(8-11-17)21(28)26(2)20-12-9-16(23)13-24-20/h3-13H,1-2H3. The molecule has 0 unspecified atom stereocenters. The van der Waals surface area contributed by atoms with Crippen LogP contribution in [0.2, 0.25) is 0 Å². The monoisotopic (exact) mass is 388 g/mol. The molecule has 0 saturated carbocycles. The predicted octanol–water partition coefficient (Wildman–Crippen LogP) is 3.50. The molecule has 0 spiro atoms. The number of carbonyl (C=O) groups is 1. The minimum absolute atomic E-state index is 0.167. The Morgan fingerprint density at radius 2 is 1.76 bits per heavy atom. The van der Waals surface area contributed by atoms with Crippen LogP contribution in [0.15, 0.2) is 71.7 Å². The Morgan fingerprint density at radius 1 is 1.03 bits per heavy atom. The van der Waals surface area contributed by atoms with Gasteiger partial charge < -0.3 is 0 Å². The van der Waals surface area contributed by atoms with Gasteiger partial charge in [-0.25, -0.2) is 14.4 Å². The van der Waals surface area contributed by atoms with Gasteiger partial charge in [0.25, 0.3) is 11.5 Å². The molecule has 0 fully saturated rings. The summed E-state index contributed by atoms with van der Waals surface area (Å²) in [5.41, 5.74) is 1.51. The maximum atomic E-state index is 13.0. The molecule has 0 aliphatic rings. The van der Waals surface area contributed by atoms with Crippen molar-refractivity contribution in [3.8, 4) is 5.69 Å². The van der Waals surface area contributed by atoms with Crippen molar-refractivity contribution in [2.75, 3.05) is 11.9 Å². The first-order valence-electron chi connectivity index (χ1n) is 8.94. The molecule has 0 radical (unpaired) electrons. The van der Waals surface area contributed by atoms with Gasteiger partial charge in [-0.3, -0.25) is 19.1 Å². The second-order valence-electron chi connectivity index (χ2n) is 6.56. The zero-order valence-corrected chi connectivity index (χ0v) is 15.8. The highest BCUT2D eigenvalue weighted by atomic mass is 19.1. The summed E-state index contributed by atoms with van der Waals surface area (Å²) in [5, 5.41) is 0.528. The van der Waals surface area contributed by atoms with Crippen LogP contribution in [0.1, 0.15) is 16.2 Å². The SMILES string of the molecule is Cc1nc2ccccc2c(=O)n1-c1ccc(C(=O)N(C)c2ccc(F)cn2)cc1. The van der Waals surface area contributed by atoms with Crippen molar-refractivity contribution in [3.63, 3.8) is 0 Å². The van der Waals surface area contributed by atoms with Crippen LogP contribution in [0.4, 0.5) is 10.2 Å². The number of benzene rings is 2. The lowest BCUT2D eigenvalue weighted by molar-refractivity contribution is 0.0992. The van der Waals surface area contributed by atoms with Crippen LogP contribution in [0.3, 0.4) is 0 Å². The summed E-state index contributed by atoms with van der Waals surface area (Å²) in [5.74, 6) is 0.131. The molecule has 0 aliphatic heterocycles. The van der Waals surface area contributed by atoms with Gasteiger partial charge in [0.15, 0.2) is 0 Å². The van der Waals surface area contributed by atoms with Crippen molar-refractivity contribution in [2.24, 2.45) is 0 Å². The van der Waals surface area contributed by atoms with E-state index in [9.17, 15) is 14.0 Å². The van der Waals surface area contributed by atoms with E-state index in [-0.39, 0.29) is 11.5 Å². The first kappa shape index (κ1) is 18.5. The fraction of sp³-hybridized carbons (Fsp3) is 0.0909. The second kappa shape index (κ2) is 7.27. The minimum Gasteiger partial charge on any atom is -0.296 e. The number of halogens is 1. The van der Waals surface area contributed by atoms with Gasteiger partial charge in [-0.1, -0.05) is 12.1 Å². The smallest absolute Gasteiger partial charge is 0.265 e. The lowest BCUT2D eigenvalue weighted by Crippen LogP contribution is -2.27. The van der Waals surface area contributed by atoms with Crippen LogP contribution in [0.25, 0.3) is 16.6 Å². The highest BCUT2D eigenvalue weighted by molar-refractivity contribution is 6.05. The van der Waals surface area contributed by atoms with Crippen LogP contribution in [0.5, 0.6) is 0 Å². The van der Waals surface area contributed by atoms with Crippen LogP contribution >= 0.6 is 0 Å². The van der Waals surface area contributed by atoms with Crippen LogP contribution < -0.4 is 10.5 Å². The van der Waals surface area contributed by atoms with Crippen LogP contribution in [-0.4, -0.2) is 27.5 Å². The summed E-state index contributed by atoms with van der Waals surface area (Å²) in [6.07, 6.45) is 1.06. The molecule has 0 N–H and O–H groups in total. The zero-order chi connectivity index (χ0) is 20.5. The molecule has 0 bridgehead atoms. The average Bonchev–Trinajstić information content (AvgIpc) is 2.74. The topological polar surface area (TPSA) is 68.1 Å². The Labute approximate surface area is 165 Å². The summed E-state index contributed by atoms with van der Waals surface area (Å²) in [6, 6.07) is 16.5. The third kappa shape index (κ3) is 3.38. The fourth-order valence-corrected chi connectivity index (χ4v) is 3.16. The zero-order valence-electron chi connectivity index (χ0n) is 15.8. The van der Waals surface area contributed by atoms with E-state index in [0.29, 0.717) is 33.8 Å². The number of hydrogen-bond acceptors (Lipinski definition) is 4. The molecule has 7 heteroatoms. The Bertz CT molecular complexity index is 1260. The van der Waals surface area contributed by atoms with Crippen molar-refractivity contribution in [1.82, 2.24) is 14.5 Å². The maximum absolute atomic E-state index is 13.0. The molecule has 2 heterocycles. The quantitative estimate of drug-likeness (QED) is 0.539. The molecule has 6 nitrogen and oxygen atoms in total. The molecular formula is C22H17FN4O2. The molecule has 29 heavy (non-hydrogen) atoms. The number of rotatable bonds is 3. The normalized spacial score (nSPS) is 10.9. The van der Waals surface area contributed by atoms with E-state index in [4.69, 9.17) is 0 Å². The Balaban J connectivity index is 1.68. The number of aromatic nitrogens is 3. The number of nitrogens with zero attached hydrogens (tertiary/aromatic N) is 4. The number of para-hydroxylation sites is 1. The number of amides is 1. The molecule has 2 aromatic carbocycles. The number of anilines is 1. The van der Waals surface area contributed by atoms with E-state index < -0.39 is 5.82 Å². The largest absolute Gasteiger partial charge is 0.296 e. The van der Waals surface area contributed by atoms with Gasteiger partial charge in [0.05, 0.1) is 22.8 Å². The first-order valence-corrected chi connectivity index (χ1v) is 8.94. The number of pyridine rings is 1. The fourth-order valence-electron chi connectivity index (χ4n) is 3.16. The summed E-state index contributed by atoms with van der Waals surface area (Å²) < 4.78 is 14.6. The molecule has 4 aromatic rings. The van der Waals surface area contributed by atoms with E-state index in [1.54, 1.807) is 56.4 Å². The van der Waals surface area contributed by atoms with E-state index in [1.165, 1.54) is 21.6 Å². The number of carbonyl (C=O) groups excluding carboxylic acids is 1. The summed E-state index contributed by atoms with van der Waals surface area (Å²) >= 11 is 0. The summed E-state index contributed by atoms with van der Waals surface area (Å²) in [4.78, 5) is 35.3. The van der Waals surface area contributed by atoms with Crippen molar-refractivity contribution in [3.05, 3.63) is 94.4 Å². The number of hydrogen-bond donors (Lipinski definition) is 0. The summed E-state index contributed by atoms with van der Waals surface area (Å²) in [7, 11) is 1.57. The third-order valence-electron chi connectivity index (χ3n) is 4.68. The molecule has 4 rings (SSSR count). The van der Waals surface area contributed by atoms with Crippen molar-refractivity contribution >= 4 is 22.6 Å². The van der Waals surface area contributed by atoms with Gasteiger partial charge in [-0.2, -0.15) is 0 Å². The van der Waals surface area contributed by atoms with E-state index in [2.05, 4.69) is 9.97 Å². The minimum atomic E-state index is -0.469. The lowest BCUT2D eigenvalue weighted by atomic mass is 10.1. The third-order valence-corrected chi connectivity index (χ3v) is 4.68. The molecule has 2 aromatic heterocycles. The van der Waals surface area contributed by atoms with Gasteiger partial charge >= 0.3 is 0 Å². The number of aryl methyl sites for hydroxylation is 1. The van der Waals surface area contributed by atoms with E-state index in [0.717, 1.165) is 6.20 Å². The molecule has 0 atom stereocenters. The Hall–Kier alpha value is -3.87. The van der Waals surface area contributed by atoms with E-state index in [1.807, 2.05) is 6.07 Å². The molecule has 1 amide bonds. The predicted molar refractivity (Wildman–Crippen MR) is 109 cm³/mol. The maximum Gasteiger partial charge on any atom is 0.265 e. The molecule has 0 saturated heterocycles. The average molecular weight is 388 g/mol. The summed E-state index contributed by atoms with van der Waals surface area (Å²) in [6.45, 7) is 1.76. The first-order chi connectivity index (χ1) is 14.0. The van der Waals surface area contributed by atoms with Crippen LogP contribution in [0, 0.1) is 12.7 Å². The van der Waals surface area contributed by atoms with Crippen LogP contribution in [-0.2, 0) is 0 Å². The van der Waals surface area contributed by atoms with Crippen molar-refractivity contribution in [1.29, 1.82) is 0 Å². The highest BCUT2D eigenvalue weighted by Crippen LogP contribution is 2.16. The highest BCUT2D eigenvalue weighted by Gasteiger charge is 2.16. The van der Waals surface area contributed by atoms with E-state index >= 15 is 0 Å². The van der Waals surface area contributed by atoms with Gasteiger partial charge in [-0.05, 0) is 55.5 Å². The molecule has 0 aliphatic carbocycles. The Kier molecular flexibility index (Phi) is 4.64.